The molecular formula is C25H25N3O7S. The number of nitrogens with zero attached hydrogens (tertiary/aromatic N) is 3. The molecule has 0 spiro atoms. The van der Waals surface area contributed by atoms with E-state index < -0.39 is 16.1 Å². The molecule has 0 bridgehead atoms. The van der Waals surface area contributed by atoms with E-state index in [-0.39, 0.29) is 29.7 Å². The molecule has 2 saturated heterocycles. The van der Waals surface area contributed by atoms with Crippen LogP contribution in [0, 0.1) is 10.1 Å². The second-order valence-electron chi connectivity index (χ2n) is 8.33. The van der Waals surface area contributed by atoms with Crippen molar-refractivity contribution in [1.29, 1.82) is 0 Å². The van der Waals surface area contributed by atoms with Crippen LogP contribution in [0.2, 0.25) is 0 Å². The summed E-state index contributed by atoms with van der Waals surface area (Å²) in [5.74, 6) is 0.167. The Hall–Kier alpha value is -3.86. The molecular weight excluding hydrogens is 486 g/mol. The first-order valence-corrected chi connectivity index (χ1v) is 12.2. The van der Waals surface area contributed by atoms with E-state index in [1.54, 1.807) is 41.3 Å². The number of ether oxygens (including phenoxy) is 2. The Morgan fingerprint density at radius 3 is 2.47 bits per heavy atom. The SMILES string of the molecule is COc1cc(/C=C2\SC(=O)N(CC(=O)N3CCCCC3)C2=O)ccc1OCc1ccc([N+](=O)[O-])cc1. The topological polar surface area (TPSA) is 119 Å². The number of imide groups is 1. The number of non-ortho nitro benzene ring substituents is 1. The van der Waals surface area contributed by atoms with Crippen molar-refractivity contribution in [2.45, 2.75) is 25.9 Å². The van der Waals surface area contributed by atoms with E-state index in [0.29, 0.717) is 30.2 Å². The zero-order valence-corrected chi connectivity index (χ0v) is 20.5. The van der Waals surface area contributed by atoms with Crippen molar-refractivity contribution in [3.05, 3.63) is 68.6 Å². The number of benzene rings is 2. The van der Waals surface area contributed by atoms with Gasteiger partial charge in [0.25, 0.3) is 16.8 Å². The molecule has 4 rings (SSSR count). The van der Waals surface area contributed by atoms with Crippen molar-refractivity contribution >= 4 is 40.6 Å². The molecule has 0 unspecified atom stereocenters. The van der Waals surface area contributed by atoms with E-state index in [9.17, 15) is 24.5 Å². The number of piperidine rings is 1. The molecule has 2 heterocycles. The minimum atomic E-state index is -0.493. The number of carbonyl (C=O) groups excluding carboxylic acids is 3. The van der Waals surface area contributed by atoms with Crippen LogP contribution >= 0.6 is 11.8 Å². The van der Waals surface area contributed by atoms with Gasteiger partial charge in [-0.2, -0.15) is 0 Å². The standard InChI is InChI=1S/C25H25N3O7S/c1-34-21-13-18(7-10-20(21)35-16-17-5-8-19(9-6-17)28(32)33)14-22-24(30)27(25(31)36-22)15-23(29)26-11-3-2-4-12-26/h5-10,13-14H,2-4,11-12,15-16H2,1H3/b22-14-. The predicted molar refractivity (Wildman–Crippen MR) is 134 cm³/mol. The van der Waals surface area contributed by atoms with Crippen LogP contribution in [0.15, 0.2) is 47.4 Å². The molecule has 188 valence electrons. The molecule has 0 atom stereocenters. The fourth-order valence-corrected chi connectivity index (χ4v) is 4.77. The number of amides is 3. The number of likely N-dealkylation sites (tertiary alicyclic amines) is 1. The number of nitro groups is 1. The van der Waals surface area contributed by atoms with E-state index in [2.05, 4.69) is 0 Å². The smallest absolute Gasteiger partial charge is 0.294 e. The van der Waals surface area contributed by atoms with Gasteiger partial charge in [-0.1, -0.05) is 6.07 Å². The molecule has 0 saturated carbocycles. The van der Waals surface area contributed by atoms with Crippen LogP contribution in [0.4, 0.5) is 10.5 Å². The molecule has 36 heavy (non-hydrogen) atoms. The van der Waals surface area contributed by atoms with Crippen molar-refractivity contribution in [2.75, 3.05) is 26.7 Å². The summed E-state index contributed by atoms with van der Waals surface area (Å²) < 4.78 is 11.2. The number of rotatable bonds is 8. The summed E-state index contributed by atoms with van der Waals surface area (Å²) in [6, 6.07) is 11.1. The van der Waals surface area contributed by atoms with E-state index in [1.165, 1.54) is 19.2 Å². The van der Waals surface area contributed by atoms with E-state index in [4.69, 9.17) is 9.47 Å². The molecule has 2 fully saturated rings. The van der Waals surface area contributed by atoms with Crippen molar-refractivity contribution in [3.8, 4) is 11.5 Å². The Kier molecular flexibility index (Phi) is 7.89. The molecule has 10 nitrogen and oxygen atoms in total. The normalized spacial score (nSPS) is 17.0. The highest BCUT2D eigenvalue weighted by atomic mass is 32.2. The van der Waals surface area contributed by atoms with E-state index in [1.807, 2.05) is 0 Å². The minimum Gasteiger partial charge on any atom is -0.493 e. The second kappa shape index (κ2) is 11.3. The molecule has 2 aliphatic heterocycles. The third kappa shape index (κ3) is 5.85. The van der Waals surface area contributed by atoms with Gasteiger partial charge in [-0.05, 0) is 72.5 Å². The first-order valence-electron chi connectivity index (χ1n) is 11.4. The van der Waals surface area contributed by atoms with Gasteiger partial charge >= 0.3 is 0 Å². The highest BCUT2D eigenvalue weighted by Gasteiger charge is 2.37. The molecule has 2 aromatic carbocycles. The van der Waals surface area contributed by atoms with Gasteiger partial charge in [0.05, 0.1) is 16.9 Å². The van der Waals surface area contributed by atoms with Crippen LogP contribution in [0.5, 0.6) is 11.5 Å². The zero-order chi connectivity index (χ0) is 25.7. The number of nitro benzene ring substituents is 1. The lowest BCUT2D eigenvalue weighted by Crippen LogP contribution is -2.44. The van der Waals surface area contributed by atoms with Crippen LogP contribution < -0.4 is 9.47 Å². The zero-order valence-electron chi connectivity index (χ0n) is 19.7. The fraction of sp³-hybridized carbons (Fsp3) is 0.320. The number of thioether (sulfide) groups is 1. The highest BCUT2D eigenvalue weighted by molar-refractivity contribution is 8.18. The molecule has 3 amide bonds. The van der Waals surface area contributed by atoms with Crippen LogP contribution in [0.25, 0.3) is 6.08 Å². The Bertz CT molecular complexity index is 1210. The number of hydrogen-bond acceptors (Lipinski definition) is 8. The van der Waals surface area contributed by atoms with Gasteiger partial charge in [0.15, 0.2) is 11.5 Å². The first kappa shape index (κ1) is 25.2. The van der Waals surface area contributed by atoms with Gasteiger partial charge < -0.3 is 14.4 Å². The van der Waals surface area contributed by atoms with E-state index >= 15 is 0 Å². The second-order valence-corrected chi connectivity index (χ2v) is 9.33. The van der Waals surface area contributed by atoms with Crippen LogP contribution in [0.1, 0.15) is 30.4 Å². The highest BCUT2D eigenvalue weighted by Crippen LogP contribution is 2.35. The first-order chi connectivity index (χ1) is 17.4. The van der Waals surface area contributed by atoms with Gasteiger partial charge in [0.1, 0.15) is 13.2 Å². The molecule has 0 aromatic heterocycles. The van der Waals surface area contributed by atoms with Gasteiger partial charge in [-0.25, -0.2) is 0 Å². The lowest BCUT2D eigenvalue weighted by Gasteiger charge is -2.27. The average molecular weight is 512 g/mol. The number of carbonyl (C=O) groups is 3. The summed E-state index contributed by atoms with van der Waals surface area (Å²) in [7, 11) is 1.48. The van der Waals surface area contributed by atoms with Crippen LogP contribution in [-0.2, 0) is 16.2 Å². The number of methoxy groups -OCH3 is 1. The summed E-state index contributed by atoms with van der Waals surface area (Å²) in [5.41, 5.74) is 1.38. The van der Waals surface area contributed by atoms with Crippen molar-refractivity contribution in [2.24, 2.45) is 0 Å². The lowest BCUT2D eigenvalue weighted by molar-refractivity contribution is -0.384. The third-order valence-corrected chi connectivity index (χ3v) is 6.81. The predicted octanol–water partition coefficient (Wildman–Crippen LogP) is 4.23. The summed E-state index contributed by atoms with van der Waals surface area (Å²) >= 11 is 0.801. The van der Waals surface area contributed by atoms with Crippen molar-refractivity contribution in [3.63, 3.8) is 0 Å². The summed E-state index contributed by atoms with van der Waals surface area (Å²) in [4.78, 5) is 51.1. The van der Waals surface area contributed by atoms with Crippen molar-refractivity contribution in [1.82, 2.24) is 9.80 Å². The molecule has 2 aliphatic rings. The van der Waals surface area contributed by atoms with Crippen molar-refractivity contribution < 1.29 is 28.8 Å². The molecule has 0 radical (unpaired) electrons. The Balaban J connectivity index is 1.42. The average Bonchev–Trinajstić information content (AvgIpc) is 3.15. The number of hydrogen-bond donors (Lipinski definition) is 0. The largest absolute Gasteiger partial charge is 0.493 e. The minimum absolute atomic E-state index is 0.000888. The maximum atomic E-state index is 12.8. The lowest BCUT2D eigenvalue weighted by atomic mass is 10.1. The molecule has 2 aromatic rings. The fourth-order valence-electron chi connectivity index (χ4n) is 3.93. The van der Waals surface area contributed by atoms with Gasteiger partial charge in [0.2, 0.25) is 5.91 Å². The summed E-state index contributed by atoms with van der Waals surface area (Å²) in [5, 5.41) is 10.3. The maximum absolute atomic E-state index is 12.8. The molecule has 11 heteroatoms. The Labute approximate surface area is 212 Å². The Morgan fingerprint density at radius 1 is 1.08 bits per heavy atom. The Morgan fingerprint density at radius 2 is 1.81 bits per heavy atom. The summed E-state index contributed by atoms with van der Waals surface area (Å²) in [6.07, 6.45) is 4.53. The third-order valence-electron chi connectivity index (χ3n) is 5.90. The maximum Gasteiger partial charge on any atom is 0.294 e. The van der Waals surface area contributed by atoms with Gasteiger partial charge in [-0.3, -0.25) is 29.4 Å². The van der Waals surface area contributed by atoms with Crippen LogP contribution in [0.3, 0.4) is 0 Å². The van der Waals surface area contributed by atoms with E-state index in [0.717, 1.165) is 41.5 Å². The van der Waals surface area contributed by atoms with Crippen LogP contribution in [-0.4, -0.2) is 58.5 Å². The van der Waals surface area contributed by atoms with Gasteiger partial charge in [-0.15, -0.1) is 0 Å². The monoisotopic (exact) mass is 511 g/mol. The van der Waals surface area contributed by atoms with Gasteiger partial charge in [0, 0.05) is 25.2 Å². The molecule has 0 N–H and O–H groups in total. The summed E-state index contributed by atoms with van der Waals surface area (Å²) in [6.45, 7) is 1.24. The molecule has 0 aliphatic carbocycles. The quantitative estimate of drug-likeness (QED) is 0.293.